The van der Waals surface area contributed by atoms with Crippen LogP contribution in [0.5, 0.6) is 0 Å². The van der Waals surface area contributed by atoms with Crippen molar-refractivity contribution in [1.82, 2.24) is 15.5 Å². The van der Waals surface area contributed by atoms with Crippen molar-refractivity contribution in [3.8, 4) is 0 Å². The van der Waals surface area contributed by atoms with Gasteiger partial charge in [0.1, 0.15) is 0 Å². The van der Waals surface area contributed by atoms with Crippen molar-refractivity contribution >= 4 is 5.91 Å². The first-order valence-electron chi connectivity index (χ1n) is 7.14. The molecule has 1 amide bonds. The van der Waals surface area contributed by atoms with Gasteiger partial charge in [-0.3, -0.25) is 9.69 Å². The molecule has 0 saturated heterocycles. The summed E-state index contributed by atoms with van der Waals surface area (Å²) in [4.78, 5) is 14.0. The summed E-state index contributed by atoms with van der Waals surface area (Å²) in [6, 6.07) is 1.35. The molecule has 1 unspecified atom stereocenters. The molecule has 2 N–H and O–H groups in total. The summed E-state index contributed by atoms with van der Waals surface area (Å²) in [6.45, 7) is 15.2. The van der Waals surface area contributed by atoms with E-state index in [-0.39, 0.29) is 11.9 Å². The Morgan fingerprint density at radius 2 is 1.67 bits per heavy atom. The van der Waals surface area contributed by atoms with Gasteiger partial charge in [-0.2, -0.15) is 0 Å². The summed E-state index contributed by atoms with van der Waals surface area (Å²) in [6.07, 6.45) is 0.972. The van der Waals surface area contributed by atoms with Crippen LogP contribution >= 0.6 is 0 Å². The van der Waals surface area contributed by atoms with Crippen LogP contribution < -0.4 is 10.6 Å². The number of hydrogen-bond donors (Lipinski definition) is 2. The highest BCUT2D eigenvalue weighted by molar-refractivity contribution is 5.78. The van der Waals surface area contributed by atoms with Crippen molar-refractivity contribution in [2.45, 2.75) is 66.1 Å². The van der Waals surface area contributed by atoms with Crippen LogP contribution in [0, 0.1) is 0 Å². The van der Waals surface area contributed by atoms with Crippen molar-refractivity contribution in [1.29, 1.82) is 0 Å². The van der Waals surface area contributed by atoms with Gasteiger partial charge in [0.2, 0.25) is 5.91 Å². The molecular formula is C14H31N3O. The normalized spacial score (nSPS) is 13.4. The standard InChI is InChI=1S/C14H31N3O/c1-7-13(6)16-14(18)10-15-8-9-17(11(2)3)12(4)5/h11-13,15H,7-10H2,1-6H3,(H,16,18). The minimum absolute atomic E-state index is 0.0880. The van der Waals surface area contributed by atoms with E-state index >= 15 is 0 Å². The average molecular weight is 257 g/mol. The summed E-state index contributed by atoms with van der Waals surface area (Å²) in [5, 5.41) is 6.15. The maximum absolute atomic E-state index is 11.5. The maximum atomic E-state index is 11.5. The van der Waals surface area contributed by atoms with Crippen molar-refractivity contribution in [2.75, 3.05) is 19.6 Å². The van der Waals surface area contributed by atoms with Crippen LogP contribution in [0.2, 0.25) is 0 Å². The number of rotatable bonds is 9. The molecule has 0 radical (unpaired) electrons. The molecule has 0 spiro atoms. The average Bonchev–Trinajstić information content (AvgIpc) is 2.27. The van der Waals surface area contributed by atoms with Crippen LogP contribution in [0.1, 0.15) is 48.0 Å². The van der Waals surface area contributed by atoms with Crippen LogP contribution in [-0.2, 0) is 4.79 Å². The van der Waals surface area contributed by atoms with Crippen LogP contribution in [0.15, 0.2) is 0 Å². The monoisotopic (exact) mass is 257 g/mol. The lowest BCUT2D eigenvalue weighted by molar-refractivity contribution is -0.120. The molecule has 0 bridgehead atoms. The van der Waals surface area contributed by atoms with E-state index in [1.165, 1.54) is 0 Å². The minimum Gasteiger partial charge on any atom is -0.353 e. The molecule has 0 aliphatic carbocycles. The molecule has 0 fully saturated rings. The van der Waals surface area contributed by atoms with Crippen LogP contribution in [0.3, 0.4) is 0 Å². The second-order valence-electron chi connectivity index (χ2n) is 5.48. The number of amides is 1. The van der Waals surface area contributed by atoms with E-state index in [0.717, 1.165) is 19.5 Å². The molecule has 4 heteroatoms. The third kappa shape index (κ3) is 7.67. The summed E-state index contributed by atoms with van der Waals surface area (Å²) >= 11 is 0. The Bertz CT molecular complexity index is 221. The lowest BCUT2D eigenvalue weighted by Gasteiger charge is -2.30. The topological polar surface area (TPSA) is 44.4 Å². The third-order valence-corrected chi connectivity index (χ3v) is 3.18. The lowest BCUT2D eigenvalue weighted by atomic mass is 10.2. The summed E-state index contributed by atoms with van der Waals surface area (Å²) in [5.74, 6) is 0.0880. The van der Waals surface area contributed by atoms with Gasteiger partial charge in [0, 0.05) is 31.2 Å². The predicted molar refractivity (Wildman–Crippen MR) is 77.7 cm³/mol. The van der Waals surface area contributed by atoms with Crippen molar-refractivity contribution < 1.29 is 4.79 Å². The quantitative estimate of drug-likeness (QED) is 0.617. The Morgan fingerprint density at radius 1 is 1.11 bits per heavy atom. The maximum Gasteiger partial charge on any atom is 0.234 e. The van der Waals surface area contributed by atoms with Crippen LogP contribution in [0.25, 0.3) is 0 Å². The fourth-order valence-electron chi connectivity index (χ4n) is 1.95. The van der Waals surface area contributed by atoms with Gasteiger partial charge in [0.25, 0.3) is 0 Å². The molecule has 0 saturated carbocycles. The Hall–Kier alpha value is -0.610. The summed E-state index contributed by atoms with van der Waals surface area (Å²) < 4.78 is 0. The largest absolute Gasteiger partial charge is 0.353 e. The van der Waals surface area contributed by atoms with Gasteiger partial charge in [-0.15, -0.1) is 0 Å². The molecule has 0 aliphatic rings. The fourth-order valence-corrected chi connectivity index (χ4v) is 1.95. The van der Waals surface area contributed by atoms with E-state index < -0.39 is 0 Å². The van der Waals surface area contributed by atoms with Gasteiger partial charge in [0.05, 0.1) is 6.54 Å². The van der Waals surface area contributed by atoms with E-state index in [9.17, 15) is 4.79 Å². The smallest absolute Gasteiger partial charge is 0.234 e. The van der Waals surface area contributed by atoms with Gasteiger partial charge in [-0.05, 0) is 41.0 Å². The van der Waals surface area contributed by atoms with Crippen LogP contribution in [0.4, 0.5) is 0 Å². The highest BCUT2D eigenvalue weighted by Crippen LogP contribution is 2.02. The number of nitrogens with zero attached hydrogens (tertiary/aromatic N) is 1. The van der Waals surface area contributed by atoms with Gasteiger partial charge in [-0.1, -0.05) is 6.92 Å². The summed E-state index contributed by atoms with van der Waals surface area (Å²) in [5.41, 5.74) is 0. The van der Waals surface area contributed by atoms with Gasteiger partial charge < -0.3 is 10.6 Å². The zero-order chi connectivity index (χ0) is 14.1. The predicted octanol–water partition coefficient (Wildman–Crippen LogP) is 1.61. The number of hydrogen-bond acceptors (Lipinski definition) is 3. The Balaban J connectivity index is 3.75. The van der Waals surface area contributed by atoms with Crippen LogP contribution in [-0.4, -0.2) is 48.6 Å². The zero-order valence-electron chi connectivity index (χ0n) is 12.9. The first kappa shape index (κ1) is 17.4. The molecule has 0 aromatic heterocycles. The second kappa shape index (κ2) is 9.34. The summed E-state index contributed by atoms with van der Waals surface area (Å²) in [7, 11) is 0. The molecule has 4 nitrogen and oxygen atoms in total. The molecule has 18 heavy (non-hydrogen) atoms. The first-order chi connectivity index (χ1) is 8.38. The van der Waals surface area contributed by atoms with E-state index in [2.05, 4.69) is 50.2 Å². The van der Waals surface area contributed by atoms with Gasteiger partial charge in [-0.25, -0.2) is 0 Å². The van der Waals surface area contributed by atoms with E-state index in [1.54, 1.807) is 0 Å². The fraction of sp³-hybridized carbons (Fsp3) is 0.929. The molecule has 0 heterocycles. The molecular weight excluding hydrogens is 226 g/mol. The molecule has 1 atom stereocenters. The zero-order valence-corrected chi connectivity index (χ0v) is 12.9. The van der Waals surface area contributed by atoms with Gasteiger partial charge >= 0.3 is 0 Å². The second-order valence-corrected chi connectivity index (χ2v) is 5.48. The number of nitrogens with one attached hydrogen (secondary N) is 2. The lowest BCUT2D eigenvalue weighted by Crippen LogP contribution is -2.44. The third-order valence-electron chi connectivity index (χ3n) is 3.18. The Labute approximate surface area is 113 Å². The van der Waals surface area contributed by atoms with Crippen molar-refractivity contribution in [3.05, 3.63) is 0 Å². The molecule has 108 valence electrons. The minimum atomic E-state index is 0.0880. The van der Waals surface area contributed by atoms with E-state index in [4.69, 9.17) is 0 Å². The molecule has 0 aliphatic heterocycles. The molecule has 0 aromatic rings. The first-order valence-corrected chi connectivity index (χ1v) is 7.14. The Morgan fingerprint density at radius 3 is 2.11 bits per heavy atom. The van der Waals surface area contributed by atoms with E-state index in [0.29, 0.717) is 18.6 Å². The SMILES string of the molecule is CCC(C)NC(=O)CNCCN(C(C)C)C(C)C. The Kier molecular flexibility index (Phi) is 9.02. The van der Waals surface area contributed by atoms with E-state index in [1.807, 2.05) is 6.92 Å². The molecule has 0 aromatic carbocycles. The number of carbonyl (C=O) groups is 1. The van der Waals surface area contributed by atoms with Gasteiger partial charge in [0.15, 0.2) is 0 Å². The highest BCUT2D eigenvalue weighted by atomic mass is 16.1. The highest BCUT2D eigenvalue weighted by Gasteiger charge is 2.12. The number of carbonyl (C=O) groups excluding carboxylic acids is 1. The van der Waals surface area contributed by atoms with Crippen molar-refractivity contribution in [2.24, 2.45) is 0 Å². The molecule has 0 rings (SSSR count). The van der Waals surface area contributed by atoms with Crippen molar-refractivity contribution in [3.63, 3.8) is 0 Å².